The smallest absolute Gasteiger partial charge is 0.247 e. The normalized spacial score (nSPS) is 24.8. The minimum absolute atomic E-state index is 0.477. The standard InChI is InChI=1S/C27H41N5O/c1-19(2)25-16-22(20(3)15-23(25)18-32-13-11-31(6)12-14-32)17-26-28-29-27(33-26)21-7-9-24(10-8-21)30(4)5/h7-10,15,19,22-23,25H,11-14,16-18H2,1-6H3. The summed E-state index contributed by atoms with van der Waals surface area (Å²) in [4.78, 5) is 7.18. The van der Waals surface area contributed by atoms with Crippen LogP contribution < -0.4 is 4.90 Å². The van der Waals surface area contributed by atoms with Crippen molar-refractivity contribution >= 4 is 5.69 Å². The van der Waals surface area contributed by atoms with Gasteiger partial charge in [-0.2, -0.15) is 0 Å². The van der Waals surface area contributed by atoms with E-state index >= 15 is 0 Å². The highest BCUT2D eigenvalue weighted by Crippen LogP contribution is 2.39. The van der Waals surface area contributed by atoms with E-state index in [0.717, 1.165) is 23.6 Å². The zero-order valence-electron chi connectivity index (χ0n) is 21.3. The van der Waals surface area contributed by atoms with Gasteiger partial charge in [0.2, 0.25) is 11.8 Å². The van der Waals surface area contributed by atoms with Crippen molar-refractivity contribution in [2.45, 2.75) is 33.6 Å². The fourth-order valence-electron chi connectivity index (χ4n) is 5.38. The van der Waals surface area contributed by atoms with E-state index in [9.17, 15) is 0 Å². The maximum absolute atomic E-state index is 6.10. The predicted molar refractivity (Wildman–Crippen MR) is 135 cm³/mol. The Morgan fingerprint density at radius 1 is 1.06 bits per heavy atom. The SMILES string of the molecule is CC1=CC(CN2CCN(C)CC2)C(C(C)C)CC1Cc1nnc(-c2ccc(N(C)C)cc2)o1. The van der Waals surface area contributed by atoms with Gasteiger partial charge in [0, 0.05) is 64.5 Å². The van der Waals surface area contributed by atoms with Crippen LogP contribution in [0.4, 0.5) is 5.69 Å². The quantitative estimate of drug-likeness (QED) is 0.580. The van der Waals surface area contributed by atoms with Crippen molar-refractivity contribution in [3.8, 4) is 11.5 Å². The summed E-state index contributed by atoms with van der Waals surface area (Å²) >= 11 is 0. The van der Waals surface area contributed by atoms with Crippen molar-refractivity contribution in [2.24, 2.45) is 23.7 Å². The van der Waals surface area contributed by atoms with Crippen molar-refractivity contribution in [3.63, 3.8) is 0 Å². The van der Waals surface area contributed by atoms with Crippen LogP contribution in [0.15, 0.2) is 40.3 Å². The molecule has 33 heavy (non-hydrogen) atoms. The maximum Gasteiger partial charge on any atom is 0.247 e. The maximum atomic E-state index is 6.10. The van der Waals surface area contributed by atoms with E-state index in [-0.39, 0.29) is 0 Å². The third kappa shape index (κ3) is 5.85. The summed E-state index contributed by atoms with van der Waals surface area (Å²) in [6.45, 7) is 13.0. The van der Waals surface area contributed by atoms with Gasteiger partial charge < -0.3 is 19.1 Å². The molecule has 6 heteroatoms. The number of hydrogen-bond acceptors (Lipinski definition) is 6. The predicted octanol–water partition coefficient (Wildman–Crippen LogP) is 4.45. The average molecular weight is 452 g/mol. The number of hydrogen-bond donors (Lipinski definition) is 0. The van der Waals surface area contributed by atoms with Gasteiger partial charge in [-0.3, -0.25) is 0 Å². The molecule has 1 saturated heterocycles. The van der Waals surface area contributed by atoms with Gasteiger partial charge in [0.05, 0.1) is 0 Å². The molecule has 2 heterocycles. The number of likely N-dealkylation sites (N-methyl/N-ethyl adjacent to an activating group) is 1. The summed E-state index contributed by atoms with van der Waals surface area (Å²) < 4.78 is 6.10. The van der Waals surface area contributed by atoms with E-state index in [1.807, 2.05) is 14.1 Å². The van der Waals surface area contributed by atoms with Gasteiger partial charge in [-0.15, -0.1) is 10.2 Å². The number of piperazine rings is 1. The van der Waals surface area contributed by atoms with Crippen molar-refractivity contribution < 1.29 is 4.42 Å². The number of aromatic nitrogens is 2. The lowest BCUT2D eigenvalue weighted by atomic mass is 9.69. The molecule has 180 valence electrons. The topological polar surface area (TPSA) is 48.6 Å². The fourth-order valence-corrected chi connectivity index (χ4v) is 5.38. The Hall–Kier alpha value is -2.18. The molecular weight excluding hydrogens is 410 g/mol. The van der Waals surface area contributed by atoms with Crippen molar-refractivity contribution in [2.75, 3.05) is 58.8 Å². The van der Waals surface area contributed by atoms with Crippen molar-refractivity contribution in [1.82, 2.24) is 20.0 Å². The van der Waals surface area contributed by atoms with E-state index in [2.05, 4.69) is 83.1 Å². The third-order valence-electron chi connectivity index (χ3n) is 7.67. The zero-order chi connectivity index (χ0) is 23.5. The van der Waals surface area contributed by atoms with Crippen LogP contribution in [0.2, 0.25) is 0 Å². The summed E-state index contributed by atoms with van der Waals surface area (Å²) in [5.74, 6) is 3.84. The molecule has 6 nitrogen and oxygen atoms in total. The molecule has 0 amide bonds. The number of rotatable bonds is 7. The van der Waals surface area contributed by atoms with E-state index in [1.165, 1.54) is 44.7 Å². The van der Waals surface area contributed by atoms with E-state index in [4.69, 9.17) is 4.42 Å². The molecule has 4 rings (SSSR count). The second-order valence-electron chi connectivity index (χ2n) is 10.7. The summed E-state index contributed by atoms with van der Waals surface area (Å²) in [5, 5.41) is 8.74. The third-order valence-corrected chi connectivity index (χ3v) is 7.67. The Morgan fingerprint density at radius 2 is 1.76 bits per heavy atom. The summed E-state index contributed by atoms with van der Waals surface area (Å²) in [5.41, 5.74) is 3.62. The fraction of sp³-hybridized carbons (Fsp3) is 0.630. The number of anilines is 1. The molecule has 2 aromatic rings. The highest BCUT2D eigenvalue weighted by Gasteiger charge is 2.33. The van der Waals surface area contributed by atoms with E-state index in [0.29, 0.717) is 29.6 Å². The molecular formula is C27H41N5O. The van der Waals surface area contributed by atoms with Crippen LogP contribution in [0.5, 0.6) is 0 Å². The van der Waals surface area contributed by atoms with Gasteiger partial charge in [-0.1, -0.05) is 25.5 Å². The molecule has 2 aliphatic rings. The Kier molecular flexibility index (Phi) is 7.55. The zero-order valence-corrected chi connectivity index (χ0v) is 21.3. The van der Waals surface area contributed by atoms with Crippen molar-refractivity contribution in [3.05, 3.63) is 41.8 Å². The van der Waals surface area contributed by atoms with Crippen LogP contribution >= 0.6 is 0 Å². The van der Waals surface area contributed by atoms with Gasteiger partial charge in [0.15, 0.2) is 0 Å². The Morgan fingerprint density at radius 3 is 2.39 bits per heavy atom. The second-order valence-corrected chi connectivity index (χ2v) is 10.7. The highest BCUT2D eigenvalue weighted by atomic mass is 16.4. The first-order valence-corrected chi connectivity index (χ1v) is 12.5. The number of benzene rings is 1. The molecule has 1 fully saturated rings. The van der Waals surface area contributed by atoms with Crippen molar-refractivity contribution in [1.29, 1.82) is 0 Å². The molecule has 0 N–H and O–H groups in total. The lowest BCUT2D eigenvalue weighted by Gasteiger charge is -2.41. The highest BCUT2D eigenvalue weighted by molar-refractivity contribution is 5.58. The Labute approximate surface area is 199 Å². The van der Waals surface area contributed by atoms with Gasteiger partial charge in [0.25, 0.3) is 0 Å². The van der Waals surface area contributed by atoms with Crippen LogP contribution in [-0.4, -0.2) is 73.9 Å². The number of allylic oxidation sites excluding steroid dienone is 1. The molecule has 1 aromatic carbocycles. The first-order chi connectivity index (χ1) is 15.8. The van der Waals surface area contributed by atoms with Crippen LogP contribution in [0.25, 0.3) is 11.5 Å². The average Bonchev–Trinajstić information content (AvgIpc) is 3.25. The van der Waals surface area contributed by atoms with E-state index in [1.54, 1.807) is 0 Å². The Balaban J connectivity index is 1.43. The van der Waals surface area contributed by atoms with Crippen LogP contribution in [-0.2, 0) is 6.42 Å². The lowest BCUT2D eigenvalue weighted by molar-refractivity contribution is 0.112. The molecule has 1 aromatic heterocycles. The molecule has 0 saturated carbocycles. The minimum atomic E-state index is 0.477. The molecule has 3 atom stereocenters. The van der Waals surface area contributed by atoms with Gasteiger partial charge in [0.1, 0.15) is 0 Å². The molecule has 1 aliphatic carbocycles. The first kappa shape index (κ1) is 24.0. The van der Waals surface area contributed by atoms with Gasteiger partial charge in [-0.05, 0) is 68.3 Å². The molecule has 0 bridgehead atoms. The molecule has 1 aliphatic heterocycles. The van der Waals surface area contributed by atoms with Crippen LogP contribution in [0.3, 0.4) is 0 Å². The monoisotopic (exact) mass is 451 g/mol. The molecule has 3 unspecified atom stereocenters. The first-order valence-electron chi connectivity index (χ1n) is 12.5. The van der Waals surface area contributed by atoms with Crippen LogP contribution in [0, 0.1) is 23.7 Å². The summed E-state index contributed by atoms with van der Waals surface area (Å²) in [6, 6.07) is 8.27. The lowest BCUT2D eigenvalue weighted by Crippen LogP contribution is -2.47. The summed E-state index contributed by atoms with van der Waals surface area (Å²) in [6.07, 6.45) is 4.59. The van der Waals surface area contributed by atoms with Gasteiger partial charge >= 0.3 is 0 Å². The molecule has 0 radical (unpaired) electrons. The summed E-state index contributed by atoms with van der Waals surface area (Å²) in [7, 11) is 6.31. The molecule has 0 spiro atoms. The second kappa shape index (κ2) is 10.4. The largest absolute Gasteiger partial charge is 0.421 e. The number of nitrogens with zero attached hydrogens (tertiary/aromatic N) is 5. The van der Waals surface area contributed by atoms with Gasteiger partial charge in [-0.25, -0.2) is 0 Å². The van der Waals surface area contributed by atoms with E-state index < -0.39 is 0 Å². The Bertz CT molecular complexity index is 924. The minimum Gasteiger partial charge on any atom is -0.421 e. The van der Waals surface area contributed by atoms with Crippen LogP contribution in [0.1, 0.15) is 33.1 Å².